The number of carbonyl (C=O) groups excluding carboxylic acids is 2. The summed E-state index contributed by atoms with van der Waals surface area (Å²) in [6, 6.07) is 0.00323. The minimum Gasteiger partial charge on any atom is -0.461 e. The van der Waals surface area contributed by atoms with Crippen LogP contribution in [0.5, 0.6) is 0 Å². The van der Waals surface area contributed by atoms with Gasteiger partial charge in [-0.25, -0.2) is 0 Å². The Hall–Kier alpha value is -1.14. The summed E-state index contributed by atoms with van der Waals surface area (Å²) in [5, 5.41) is 3.43. The molecule has 1 fully saturated rings. The van der Waals surface area contributed by atoms with E-state index in [0.717, 1.165) is 45.3 Å². The number of ether oxygens (including phenoxy) is 2. The Morgan fingerprint density at radius 3 is 1.30 bits per heavy atom. The van der Waals surface area contributed by atoms with Gasteiger partial charge in [-0.05, 0) is 26.7 Å². The van der Waals surface area contributed by atoms with Crippen LogP contribution < -0.4 is 5.32 Å². The van der Waals surface area contributed by atoms with Crippen LogP contribution in [0.1, 0.15) is 207 Å². The number of hydrogen-bond acceptors (Lipinski definition) is 6. The van der Waals surface area contributed by atoms with Crippen LogP contribution in [-0.2, 0) is 19.1 Å². The van der Waals surface area contributed by atoms with Gasteiger partial charge in [0.05, 0.1) is 6.04 Å². The molecule has 6 heteroatoms. The van der Waals surface area contributed by atoms with Crippen LogP contribution in [0.15, 0.2) is 0 Å². The average Bonchev–Trinajstić information content (AvgIpc) is 3.05. The minimum absolute atomic E-state index is 0.00323. The molecule has 0 spiro atoms. The molecule has 0 bridgehead atoms. The summed E-state index contributed by atoms with van der Waals surface area (Å²) in [7, 11) is 0. The van der Waals surface area contributed by atoms with E-state index in [0.29, 0.717) is 12.8 Å². The normalized spacial score (nSPS) is 16.7. The van der Waals surface area contributed by atoms with E-state index in [1.54, 1.807) is 0 Å². The highest BCUT2D eigenvalue weighted by molar-refractivity contribution is 5.70. The first-order valence-electron chi connectivity index (χ1n) is 20.3. The van der Waals surface area contributed by atoms with Gasteiger partial charge in [0.15, 0.2) is 6.23 Å². The third-order valence-corrected chi connectivity index (χ3v) is 9.92. The molecule has 0 saturated carbocycles. The summed E-state index contributed by atoms with van der Waals surface area (Å²) in [6.45, 7) is 10.8. The van der Waals surface area contributed by atoms with E-state index >= 15 is 0 Å². The van der Waals surface area contributed by atoms with Gasteiger partial charge in [-0.1, -0.05) is 168 Å². The maximum Gasteiger partial charge on any atom is 0.307 e. The Balaban J connectivity index is 2.11. The summed E-state index contributed by atoms with van der Waals surface area (Å²) in [4.78, 5) is 27.4. The first kappa shape index (κ1) is 42.9. The standard InChI is InChI=1S/C40H78N2O4/c1-5-7-9-11-13-15-17-19-21-23-25-27-29-31-39(43)45-36(3)38-35-41-33-34-42(38)37(4)46-40(44)32-30-28-26-24-22-20-18-16-14-12-10-8-6-2/h36-38,41H,5-35H2,1-4H3. The van der Waals surface area contributed by atoms with Crippen LogP contribution in [0.2, 0.25) is 0 Å². The van der Waals surface area contributed by atoms with Crippen LogP contribution in [0.25, 0.3) is 0 Å². The number of unbranched alkanes of at least 4 members (excludes halogenated alkanes) is 24. The van der Waals surface area contributed by atoms with E-state index in [-0.39, 0.29) is 30.3 Å². The molecule has 46 heavy (non-hydrogen) atoms. The van der Waals surface area contributed by atoms with Gasteiger partial charge in [0.25, 0.3) is 0 Å². The second-order valence-electron chi connectivity index (χ2n) is 14.3. The Bertz CT molecular complexity index is 645. The molecule has 272 valence electrons. The predicted octanol–water partition coefficient (Wildman–Crippen LogP) is 11.0. The first-order chi connectivity index (χ1) is 22.5. The lowest BCUT2D eigenvalue weighted by atomic mass is 10.0. The van der Waals surface area contributed by atoms with Crippen molar-refractivity contribution in [2.75, 3.05) is 19.6 Å². The predicted molar refractivity (Wildman–Crippen MR) is 195 cm³/mol. The molecule has 1 heterocycles. The zero-order valence-corrected chi connectivity index (χ0v) is 31.2. The third kappa shape index (κ3) is 24.1. The Labute approximate surface area is 286 Å². The Morgan fingerprint density at radius 2 is 0.913 bits per heavy atom. The fourth-order valence-corrected chi connectivity index (χ4v) is 6.86. The van der Waals surface area contributed by atoms with Crippen molar-refractivity contribution in [3.63, 3.8) is 0 Å². The fraction of sp³-hybridized carbons (Fsp3) is 0.950. The lowest BCUT2D eigenvalue weighted by Gasteiger charge is -2.41. The van der Waals surface area contributed by atoms with E-state index in [2.05, 4.69) is 24.1 Å². The van der Waals surface area contributed by atoms with E-state index in [1.807, 2.05) is 13.8 Å². The smallest absolute Gasteiger partial charge is 0.307 e. The maximum absolute atomic E-state index is 12.6. The average molecular weight is 651 g/mol. The number of carbonyl (C=O) groups is 2. The van der Waals surface area contributed by atoms with E-state index in [9.17, 15) is 9.59 Å². The summed E-state index contributed by atoms with van der Waals surface area (Å²) in [6.07, 6.45) is 34.1. The van der Waals surface area contributed by atoms with Gasteiger partial charge in [0.2, 0.25) is 0 Å². The lowest BCUT2D eigenvalue weighted by molar-refractivity contribution is -0.169. The van der Waals surface area contributed by atoms with Crippen LogP contribution in [0.4, 0.5) is 0 Å². The monoisotopic (exact) mass is 651 g/mol. The molecule has 1 aliphatic heterocycles. The molecule has 0 aromatic rings. The van der Waals surface area contributed by atoms with Crippen LogP contribution in [-0.4, -0.2) is 54.8 Å². The summed E-state index contributed by atoms with van der Waals surface area (Å²) >= 11 is 0. The number of nitrogens with zero attached hydrogens (tertiary/aromatic N) is 1. The lowest BCUT2D eigenvalue weighted by Crippen LogP contribution is -2.59. The topological polar surface area (TPSA) is 67.9 Å². The Morgan fingerprint density at radius 1 is 0.565 bits per heavy atom. The fourth-order valence-electron chi connectivity index (χ4n) is 6.86. The van der Waals surface area contributed by atoms with Gasteiger partial charge < -0.3 is 14.8 Å². The first-order valence-corrected chi connectivity index (χ1v) is 20.3. The minimum atomic E-state index is -0.316. The molecule has 0 aliphatic carbocycles. The van der Waals surface area contributed by atoms with Crippen molar-refractivity contribution in [1.82, 2.24) is 10.2 Å². The van der Waals surface area contributed by atoms with E-state index in [4.69, 9.17) is 9.47 Å². The SMILES string of the molecule is CCCCCCCCCCCCCCCC(=O)OC(C)C1CNCCN1C(C)OC(=O)CCCCCCCCCCCCCCC. The maximum atomic E-state index is 12.6. The van der Waals surface area contributed by atoms with Gasteiger partial charge in [0.1, 0.15) is 6.10 Å². The molecule has 0 aromatic carbocycles. The Kier molecular flexibility index (Phi) is 29.0. The largest absolute Gasteiger partial charge is 0.461 e. The van der Waals surface area contributed by atoms with Crippen molar-refractivity contribution < 1.29 is 19.1 Å². The molecule has 3 atom stereocenters. The molecule has 1 aliphatic rings. The third-order valence-electron chi connectivity index (χ3n) is 9.92. The van der Waals surface area contributed by atoms with Crippen LogP contribution in [0.3, 0.4) is 0 Å². The zero-order chi connectivity index (χ0) is 33.5. The number of hydrogen-bond donors (Lipinski definition) is 1. The molecule has 0 radical (unpaired) electrons. The zero-order valence-electron chi connectivity index (χ0n) is 31.2. The molecule has 3 unspecified atom stereocenters. The molecule has 0 amide bonds. The highest BCUT2D eigenvalue weighted by Crippen LogP contribution is 2.19. The van der Waals surface area contributed by atoms with Crippen molar-refractivity contribution in [1.29, 1.82) is 0 Å². The van der Waals surface area contributed by atoms with E-state index < -0.39 is 0 Å². The van der Waals surface area contributed by atoms with Gasteiger partial charge in [-0.15, -0.1) is 0 Å². The van der Waals surface area contributed by atoms with Crippen molar-refractivity contribution in [3.8, 4) is 0 Å². The molecule has 1 N–H and O–H groups in total. The van der Waals surface area contributed by atoms with Crippen molar-refractivity contribution >= 4 is 11.9 Å². The highest BCUT2D eigenvalue weighted by Gasteiger charge is 2.34. The molecule has 0 aromatic heterocycles. The number of esters is 2. The summed E-state index contributed by atoms with van der Waals surface area (Å²) in [5.74, 6) is -0.215. The van der Waals surface area contributed by atoms with Gasteiger partial charge in [-0.3, -0.25) is 14.5 Å². The van der Waals surface area contributed by atoms with Gasteiger partial charge in [0, 0.05) is 32.5 Å². The van der Waals surface area contributed by atoms with Crippen molar-refractivity contribution in [2.24, 2.45) is 0 Å². The number of piperazine rings is 1. The van der Waals surface area contributed by atoms with Crippen LogP contribution >= 0.6 is 0 Å². The van der Waals surface area contributed by atoms with Gasteiger partial charge >= 0.3 is 11.9 Å². The van der Waals surface area contributed by atoms with Gasteiger partial charge in [-0.2, -0.15) is 0 Å². The molecular formula is C40H78N2O4. The van der Waals surface area contributed by atoms with Crippen LogP contribution in [0, 0.1) is 0 Å². The van der Waals surface area contributed by atoms with Crippen molar-refractivity contribution in [3.05, 3.63) is 0 Å². The summed E-state index contributed by atoms with van der Waals surface area (Å²) < 4.78 is 11.7. The second kappa shape index (κ2) is 31.1. The number of rotatable bonds is 32. The van der Waals surface area contributed by atoms with E-state index in [1.165, 1.54) is 141 Å². The molecular weight excluding hydrogens is 572 g/mol. The number of nitrogens with one attached hydrogen (secondary N) is 1. The molecule has 1 saturated heterocycles. The second-order valence-corrected chi connectivity index (χ2v) is 14.3. The quantitative estimate of drug-likeness (QED) is 0.0577. The molecule has 1 rings (SSSR count). The molecule has 6 nitrogen and oxygen atoms in total. The highest BCUT2D eigenvalue weighted by atomic mass is 16.6. The van der Waals surface area contributed by atoms with Crippen molar-refractivity contribution in [2.45, 2.75) is 226 Å². The summed E-state index contributed by atoms with van der Waals surface area (Å²) in [5.41, 5.74) is 0.